The standard InChI is InChI=1S/C9H7I2NO/c10-7-2-5-1-6(4-13)12-9(5)3-8(7)11/h1-3,12-13H,4H2. The maximum absolute atomic E-state index is 8.94. The fourth-order valence-electron chi connectivity index (χ4n) is 1.27. The molecule has 2 nitrogen and oxygen atoms in total. The van der Waals surface area contributed by atoms with Gasteiger partial charge in [-0.15, -0.1) is 0 Å². The smallest absolute Gasteiger partial charge is 0.0831 e. The van der Waals surface area contributed by atoms with E-state index in [1.807, 2.05) is 6.07 Å². The fourth-order valence-corrected chi connectivity index (χ4v) is 2.23. The van der Waals surface area contributed by atoms with E-state index in [0.717, 1.165) is 16.6 Å². The van der Waals surface area contributed by atoms with E-state index in [0.29, 0.717) is 0 Å². The zero-order chi connectivity index (χ0) is 9.42. The first-order valence-electron chi connectivity index (χ1n) is 3.78. The summed E-state index contributed by atoms with van der Waals surface area (Å²) in [5.74, 6) is 0. The number of aromatic amines is 1. The molecule has 0 aliphatic heterocycles. The summed E-state index contributed by atoms with van der Waals surface area (Å²) < 4.78 is 2.48. The van der Waals surface area contributed by atoms with E-state index in [9.17, 15) is 0 Å². The van der Waals surface area contributed by atoms with Crippen molar-refractivity contribution >= 4 is 56.1 Å². The van der Waals surface area contributed by atoms with Gasteiger partial charge in [0, 0.05) is 23.7 Å². The van der Waals surface area contributed by atoms with E-state index >= 15 is 0 Å². The molecule has 1 aromatic carbocycles. The van der Waals surface area contributed by atoms with Crippen LogP contribution in [0.15, 0.2) is 18.2 Å². The van der Waals surface area contributed by atoms with E-state index in [-0.39, 0.29) is 6.61 Å². The maximum Gasteiger partial charge on any atom is 0.0831 e. The highest BCUT2D eigenvalue weighted by Crippen LogP contribution is 2.23. The van der Waals surface area contributed by atoms with Gasteiger partial charge in [-0.2, -0.15) is 0 Å². The minimum Gasteiger partial charge on any atom is -0.390 e. The lowest BCUT2D eigenvalue weighted by Crippen LogP contribution is -1.80. The van der Waals surface area contributed by atoms with Gasteiger partial charge in [0.1, 0.15) is 0 Å². The summed E-state index contributed by atoms with van der Waals surface area (Å²) in [6.07, 6.45) is 0. The van der Waals surface area contributed by atoms with E-state index < -0.39 is 0 Å². The maximum atomic E-state index is 8.94. The van der Waals surface area contributed by atoms with Gasteiger partial charge in [0.2, 0.25) is 0 Å². The Labute approximate surface area is 103 Å². The molecule has 2 rings (SSSR count). The van der Waals surface area contributed by atoms with Crippen molar-refractivity contribution in [1.82, 2.24) is 4.98 Å². The third kappa shape index (κ3) is 1.84. The molecule has 0 aliphatic carbocycles. The van der Waals surface area contributed by atoms with Gasteiger partial charge in [-0.25, -0.2) is 0 Å². The van der Waals surface area contributed by atoms with Crippen molar-refractivity contribution in [2.45, 2.75) is 6.61 Å². The molecule has 0 amide bonds. The Kier molecular flexibility index (Phi) is 2.80. The number of benzene rings is 1. The molecule has 0 fully saturated rings. The Morgan fingerprint density at radius 3 is 2.54 bits per heavy atom. The summed E-state index contributed by atoms with van der Waals surface area (Å²) in [5.41, 5.74) is 1.96. The summed E-state index contributed by atoms with van der Waals surface area (Å²) in [5, 5.41) is 10.1. The molecule has 1 heterocycles. The number of hydrogen-bond acceptors (Lipinski definition) is 1. The molecule has 1 aromatic heterocycles. The van der Waals surface area contributed by atoms with Crippen LogP contribution in [0.1, 0.15) is 5.69 Å². The summed E-state index contributed by atoms with van der Waals surface area (Å²) in [6.45, 7) is 0.0713. The summed E-state index contributed by atoms with van der Waals surface area (Å²) in [6, 6.07) is 6.19. The van der Waals surface area contributed by atoms with Gasteiger partial charge in [-0.05, 0) is 63.4 Å². The van der Waals surface area contributed by atoms with Crippen molar-refractivity contribution in [3.05, 3.63) is 31.0 Å². The van der Waals surface area contributed by atoms with Gasteiger partial charge in [0.25, 0.3) is 0 Å². The van der Waals surface area contributed by atoms with Crippen LogP contribution in [0.2, 0.25) is 0 Å². The number of halogens is 2. The van der Waals surface area contributed by atoms with Gasteiger partial charge in [-0.1, -0.05) is 0 Å². The van der Waals surface area contributed by atoms with Crippen LogP contribution in [0.25, 0.3) is 10.9 Å². The number of rotatable bonds is 1. The normalized spacial score (nSPS) is 11.0. The molecule has 0 saturated carbocycles. The van der Waals surface area contributed by atoms with Crippen LogP contribution < -0.4 is 0 Å². The summed E-state index contributed by atoms with van der Waals surface area (Å²) in [7, 11) is 0. The molecule has 4 heteroatoms. The SMILES string of the molecule is OCc1cc2cc(I)c(I)cc2[nH]1. The zero-order valence-corrected chi connectivity index (χ0v) is 11.0. The predicted octanol–water partition coefficient (Wildman–Crippen LogP) is 2.87. The highest BCUT2D eigenvalue weighted by molar-refractivity contribution is 14.1. The van der Waals surface area contributed by atoms with Crippen LogP contribution in [0.4, 0.5) is 0 Å². The molecular formula is C9H7I2NO. The average Bonchev–Trinajstić information content (AvgIpc) is 2.48. The number of aromatic nitrogens is 1. The molecule has 2 aromatic rings. The molecular weight excluding hydrogens is 392 g/mol. The minimum absolute atomic E-state index is 0.0713. The summed E-state index contributed by atoms with van der Waals surface area (Å²) in [4.78, 5) is 3.16. The Balaban J connectivity index is 2.70. The van der Waals surface area contributed by atoms with Gasteiger partial charge in [0.05, 0.1) is 6.61 Å². The van der Waals surface area contributed by atoms with Gasteiger partial charge < -0.3 is 10.1 Å². The monoisotopic (exact) mass is 399 g/mol. The second-order valence-electron chi connectivity index (χ2n) is 2.81. The molecule has 0 atom stereocenters. The molecule has 2 N–H and O–H groups in total. The van der Waals surface area contributed by atoms with E-state index in [2.05, 4.69) is 62.3 Å². The molecule has 0 bridgehead atoms. The fraction of sp³-hybridized carbons (Fsp3) is 0.111. The Morgan fingerprint density at radius 2 is 1.85 bits per heavy atom. The molecule has 0 spiro atoms. The topological polar surface area (TPSA) is 36.0 Å². The van der Waals surface area contributed by atoms with Crippen LogP contribution in [-0.2, 0) is 6.61 Å². The molecule has 0 saturated heterocycles. The Morgan fingerprint density at radius 1 is 1.15 bits per heavy atom. The molecule has 0 radical (unpaired) electrons. The number of H-pyrrole nitrogens is 1. The van der Waals surface area contributed by atoms with Gasteiger partial charge in [0.15, 0.2) is 0 Å². The largest absolute Gasteiger partial charge is 0.390 e. The third-order valence-corrected chi connectivity index (χ3v) is 4.70. The van der Waals surface area contributed by atoms with Crippen molar-refractivity contribution in [1.29, 1.82) is 0 Å². The first-order valence-corrected chi connectivity index (χ1v) is 5.94. The Hall–Kier alpha value is 0.180. The number of aliphatic hydroxyl groups excluding tert-OH is 1. The second-order valence-corrected chi connectivity index (χ2v) is 5.13. The van der Waals surface area contributed by atoms with Crippen molar-refractivity contribution in [3.63, 3.8) is 0 Å². The van der Waals surface area contributed by atoms with Crippen molar-refractivity contribution in [2.75, 3.05) is 0 Å². The highest BCUT2D eigenvalue weighted by Gasteiger charge is 2.03. The van der Waals surface area contributed by atoms with Crippen molar-refractivity contribution in [2.24, 2.45) is 0 Å². The number of nitrogens with one attached hydrogen (secondary N) is 1. The average molecular weight is 399 g/mol. The number of aliphatic hydroxyl groups is 1. The van der Waals surface area contributed by atoms with E-state index in [1.165, 1.54) is 7.14 Å². The van der Waals surface area contributed by atoms with Crippen LogP contribution in [-0.4, -0.2) is 10.1 Å². The van der Waals surface area contributed by atoms with Crippen LogP contribution in [0.5, 0.6) is 0 Å². The first kappa shape index (κ1) is 9.72. The van der Waals surface area contributed by atoms with Crippen LogP contribution in [0, 0.1) is 7.14 Å². The van der Waals surface area contributed by atoms with Crippen LogP contribution >= 0.6 is 45.2 Å². The van der Waals surface area contributed by atoms with Gasteiger partial charge in [-0.3, -0.25) is 0 Å². The van der Waals surface area contributed by atoms with Crippen molar-refractivity contribution < 1.29 is 5.11 Å². The third-order valence-electron chi connectivity index (χ3n) is 1.89. The Bertz CT molecular complexity index is 411. The molecule has 68 valence electrons. The second kappa shape index (κ2) is 3.74. The number of hydrogen-bond donors (Lipinski definition) is 2. The predicted molar refractivity (Wildman–Crippen MR) is 69.7 cm³/mol. The zero-order valence-electron chi connectivity index (χ0n) is 6.64. The lowest BCUT2D eigenvalue weighted by molar-refractivity contribution is 0.278. The number of fused-ring (bicyclic) bond motifs is 1. The van der Waals surface area contributed by atoms with E-state index in [4.69, 9.17) is 5.11 Å². The van der Waals surface area contributed by atoms with Gasteiger partial charge >= 0.3 is 0 Å². The highest BCUT2D eigenvalue weighted by atomic mass is 127. The minimum atomic E-state index is 0.0713. The molecule has 13 heavy (non-hydrogen) atoms. The lowest BCUT2D eigenvalue weighted by atomic mass is 10.2. The quantitative estimate of drug-likeness (QED) is 0.712. The lowest BCUT2D eigenvalue weighted by Gasteiger charge is -1.95. The molecule has 0 unspecified atom stereocenters. The van der Waals surface area contributed by atoms with E-state index in [1.54, 1.807) is 0 Å². The van der Waals surface area contributed by atoms with Crippen molar-refractivity contribution in [3.8, 4) is 0 Å². The van der Waals surface area contributed by atoms with Crippen LogP contribution in [0.3, 0.4) is 0 Å². The summed E-state index contributed by atoms with van der Waals surface area (Å²) >= 11 is 4.61. The first-order chi connectivity index (χ1) is 6.20. The molecule has 0 aliphatic rings.